The highest BCUT2D eigenvalue weighted by Crippen LogP contribution is 2.41. The number of carbonyl (C=O) groups excluding carboxylic acids is 1. The van der Waals surface area contributed by atoms with Crippen molar-refractivity contribution in [3.63, 3.8) is 0 Å². The normalized spacial score (nSPS) is 16.8. The third-order valence-electron chi connectivity index (χ3n) is 3.42. The molecule has 1 aromatic heterocycles. The molecule has 4 heteroatoms. The molecular formula is C13H15N3O. The van der Waals surface area contributed by atoms with Gasteiger partial charge in [-0.05, 0) is 31.4 Å². The molecular weight excluding hydrogens is 214 g/mol. The number of nitrogens with zero attached hydrogens (tertiary/aromatic N) is 2. The molecule has 1 heterocycles. The van der Waals surface area contributed by atoms with Crippen molar-refractivity contribution >= 4 is 17.4 Å². The van der Waals surface area contributed by atoms with Gasteiger partial charge in [0.05, 0.1) is 5.69 Å². The number of carbonyl (C=O) groups is 1. The molecule has 1 amide bonds. The van der Waals surface area contributed by atoms with Crippen molar-refractivity contribution in [1.82, 2.24) is 4.98 Å². The zero-order valence-electron chi connectivity index (χ0n) is 10.1. The number of rotatable bonds is 2. The second kappa shape index (κ2) is 4.17. The summed E-state index contributed by atoms with van der Waals surface area (Å²) in [6.07, 6.45) is 4.56. The van der Waals surface area contributed by atoms with Crippen LogP contribution in [0.2, 0.25) is 0 Å². The Morgan fingerprint density at radius 2 is 2.29 bits per heavy atom. The molecule has 0 atom stereocenters. The lowest BCUT2D eigenvalue weighted by molar-refractivity contribution is -0.128. The van der Waals surface area contributed by atoms with Crippen molar-refractivity contribution in [2.24, 2.45) is 5.41 Å². The molecule has 4 nitrogen and oxygen atoms in total. The van der Waals surface area contributed by atoms with E-state index in [9.17, 15) is 4.79 Å². The molecule has 1 saturated carbocycles. The number of hydrogen-bond donors (Lipinski definition) is 1. The molecule has 1 aromatic rings. The Balaban J connectivity index is 2.12. The molecule has 1 N–H and O–H groups in total. The molecule has 88 valence electrons. The van der Waals surface area contributed by atoms with Gasteiger partial charge in [-0.2, -0.15) is 0 Å². The Bertz CT molecular complexity index is 498. The predicted molar refractivity (Wildman–Crippen MR) is 65.8 cm³/mol. The fraction of sp³-hybridized carbons (Fsp3) is 0.462. The Labute approximate surface area is 101 Å². The van der Waals surface area contributed by atoms with Crippen molar-refractivity contribution in [2.45, 2.75) is 33.1 Å². The average molecular weight is 229 g/mol. The minimum atomic E-state index is -0.216. The molecule has 1 fully saturated rings. The van der Waals surface area contributed by atoms with Crippen molar-refractivity contribution in [3.8, 4) is 0 Å². The smallest absolute Gasteiger partial charge is 0.272 e. The van der Waals surface area contributed by atoms with E-state index in [-0.39, 0.29) is 11.3 Å². The third-order valence-corrected chi connectivity index (χ3v) is 3.42. The summed E-state index contributed by atoms with van der Waals surface area (Å²) in [5.41, 5.74) is 1.25. The van der Waals surface area contributed by atoms with Gasteiger partial charge in [0.25, 0.3) is 5.82 Å². The van der Waals surface area contributed by atoms with Gasteiger partial charge in [0, 0.05) is 5.41 Å². The van der Waals surface area contributed by atoms with Crippen LogP contribution in [-0.4, -0.2) is 10.9 Å². The third kappa shape index (κ3) is 2.14. The Morgan fingerprint density at radius 3 is 2.76 bits per heavy atom. The fourth-order valence-corrected chi connectivity index (χ4v) is 1.97. The Morgan fingerprint density at radius 1 is 1.59 bits per heavy atom. The molecule has 1 aliphatic carbocycles. The van der Waals surface area contributed by atoms with Crippen LogP contribution in [0.25, 0.3) is 4.85 Å². The number of aromatic nitrogens is 1. The first-order chi connectivity index (χ1) is 8.05. The quantitative estimate of drug-likeness (QED) is 0.792. The van der Waals surface area contributed by atoms with Crippen molar-refractivity contribution in [3.05, 3.63) is 29.2 Å². The van der Waals surface area contributed by atoms with Gasteiger partial charge >= 0.3 is 0 Å². The highest BCUT2D eigenvalue weighted by molar-refractivity contribution is 5.95. The summed E-state index contributed by atoms with van der Waals surface area (Å²) in [4.78, 5) is 19.3. The Hall–Kier alpha value is -1.89. The van der Waals surface area contributed by atoms with E-state index in [0.717, 1.165) is 24.8 Å². The van der Waals surface area contributed by atoms with Gasteiger partial charge in [0.15, 0.2) is 0 Å². The van der Waals surface area contributed by atoms with Crippen LogP contribution in [-0.2, 0) is 4.79 Å². The summed E-state index contributed by atoms with van der Waals surface area (Å²) in [5, 5.41) is 2.87. The molecule has 2 rings (SSSR count). The summed E-state index contributed by atoms with van der Waals surface area (Å²) in [6.45, 7) is 10.7. The minimum absolute atomic E-state index is 0.0560. The number of nitrogens with one attached hydrogen (secondary N) is 1. The second-order valence-electron chi connectivity index (χ2n) is 4.84. The van der Waals surface area contributed by atoms with E-state index in [4.69, 9.17) is 6.57 Å². The number of hydrogen-bond acceptors (Lipinski definition) is 2. The molecule has 0 spiro atoms. The zero-order chi connectivity index (χ0) is 12.5. The van der Waals surface area contributed by atoms with Crippen molar-refractivity contribution in [2.75, 3.05) is 5.32 Å². The van der Waals surface area contributed by atoms with Crippen LogP contribution in [0, 0.1) is 18.9 Å². The number of aryl methyl sites for hydroxylation is 1. The summed E-state index contributed by atoms with van der Waals surface area (Å²) in [5.74, 6) is 0.443. The number of pyridine rings is 1. The fourth-order valence-electron chi connectivity index (χ4n) is 1.97. The van der Waals surface area contributed by atoms with Gasteiger partial charge in [-0.1, -0.05) is 19.9 Å². The van der Waals surface area contributed by atoms with E-state index in [1.807, 2.05) is 13.8 Å². The van der Waals surface area contributed by atoms with E-state index in [0.29, 0.717) is 11.5 Å². The standard InChI is InChI=1S/C13H15N3O/c1-9-7-10(8-15-11(9)14-3)16-12(17)13(2)5-4-6-13/h7-8H,4-6H2,1-2H3,(H,16,17). The monoisotopic (exact) mass is 229 g/mol. The van der Waals surface area contributed by atoms with Crippen LogP contribution in [0.1, 0.15) is 31.7 Å². The van der Waals surface area contributed by atoms with Crippen LogP contribution < -0.4 is 5.32 Å². The maximum Gasteiger partial charge on any atom is 0.272 e. The van der Waals surface area contributed by atoms with E-state index >= 15 is 0 Å². The van der Waals surface area contributed by atoms with Crippen LogP contribution in [0.15, 0.2) is 12.3 Å². The van der Waals surface area contributed by atoms with E-state index in [2.05, 4.69) is 15.1 Å². The first-order valence-electron chi connectivity index (χ1n) is 5.71. The van der Waals surface area contributed by atoms with Crippen molar-refractivity contribution in [1.29, 1.82) is 0 Å². The molecule has 0 aromatic carbocycles. The van der Waals surface area contributed by atoms with Crippen LogP contribution >= 0.6 is 0 Å². The highest BCUT2D eigenvalue weighted by atomic mass is 16.2. The van der Waals surface area contributed by atoms with Crippen LogP contribution in [0.5, 0.6) is 0 Å². The SMILES string of the molecule is [C-]#[N+]c1ncc(NC(=O)C2(C)CCC2)cc1C. The minimum Gasteiger partial charge on any atom is -0.360 e. The van der Waals surface area contributed by atoms with Crippen LogP contribution in [0.3, 0.4) is 0 Å². The van der Waals surface area contributed by atoms with Gasteiger partial charge in [-0.15, -0.1) is 4.98 Å². The summed E-state index contributed by atoms with van der Waals surface area (Å²) in [7, 11) is 0. The lowest BCUT2D eigenvalue weighted by Crippen LogP contribution is -2.39. The molecule has 0 saturated heterocycles. The summed E-state index contributed by atoms with van der Waals surface area (Å²) < 4.78 is 0. The molecule has 0 radical (unpaired) electrons. The summed E-state index contributed by atoms with van der Waals surface area (Å²) in [6, 6.07) is 1.79. The highest BCUT2D eigenvalue weighted by Gasteiger charge is 2.39. The van der Waals surface area contributed by atoms with Crippen molar-refractivity contribution < 1.29 is 4.79 Å². The number of anilines is 1. The number of amides is 1. The van der Waals surface area contributed by atoms with Gasteiger partial charge < -0.3 is 10.2 Å². The Kier molecular flexibility index (Phi) is 2.84. The predicted octanol–water partition coefficient (Wildman–Crippen LogP) is 3.07. The maximum absolute atomic E-state index is 12.0. The lowest BCUT2D eigenvalue weighted by Gasteiger charge is -2.36. The topological polar surface area (TPSA) is 46.4 Å². The van der Waals surface area contributed by atoms with Gasteiger partial charge in [0.1, 0.15) is 6.20 Å². The molecule has 0 unspecified atom stereocenters. The molecule has 0 aliphatic heterocycles. The maximum atomic E-state index is 12.0. The average Bonchev–Trinajstić information content (AvgIpc) is 2.26. The molecule has 0 bridgehead atoms. The van der Waals surface area contributed by atoms with E-state index < -0.39 is 0 Å². The van der Waals surface area contributed by atoms with Crippen LogP contribution in [0.4, 0.5) is 11.5 Å². The molecule has 17 heavy (non-hydrogen) atoms. The second-order valence-corrected chi connectivity index (χ2v) is 4.84. The largest absolute Gasteiger partial charge is 0.360 e. The molecule has 1 aliphatic rings. The lowest BCUT2D eigenvalue weighted by atomic mass is 9.70. The van der Waals surface area contributed by atoms with Gasteiger partial charge in [-0.3, -0.25) is 4.79 Å². The first kappa shape index (κ1) is 11.6. The zero-order valence-corrected chi connectivity index (χ0v) is 10.1. The van der Waals surface area contributed by atoms with Gasteiger partial charge in [0.2, 0.25) is 5.91 Å². The first-order valence-corrected chi connectivity index (χ1v) is 5.71. The van der Waals surface area contributed by atoms with Gasteiger partial charge in [-0.25, -0.2) is 0 Å². The summed E-state index contributed by atoms with van der Waals surface area (Å²) >= 11 is 0. The van der Waals surface area contributed by atoms with E-state index in [1.165, 1.54) is 0 Å². The van der Waals surface area contributed by atoms with E-state index in [1.54, 1.807) is 12.3 Å².